The summed E-state index contributed by atoms with van der Waals surface area (Å²) in [5, 5.41) is 15.3. The van der Waals surface area contributed by atoms with Gasteiger partial charge in [0.1, 0.15) is 5.69 Å². The number of aromatic carboxylic acids is 1. The Bertz CT molecular complexity index is 633. The minimum atomic E-state index is -1.04. The van der Waals surface area contributed by atoms with Gasteiger partial charge in [-0.05, 0) is 25.1 Å². The SMILES string of the molecule is Cc1c(-c2cc(C(=O)O)[nH]n2)ccc2c1OCO2. The summed E-state index contributed by atoms with van der Waals surface area (Å²) < 4.78 is 10.6. The molecule has 6 nitrogen and oxygen atoms in total. The smallest absolute Gasteiger partial charge is 0.353 e. The topological polar surface area (TPSA) is 84.4 Å². The number of aromatic nitrogens is 2. The number of carbonyl (C=O) groups is 1. The standard InChI is InChI=1S/C12H10N2O4/c1-6-7(2-3-10-11(6)18-5-17-10)8-4-9(12(15)16)14-13-8/h2-4H,5H2,1H3,(H,13,14)(H,15,16). The maximum absolute atomic E-state index is 10.8. The number of carboxylic acids is 1. The first kappa shape index (κ1) is 10.6. The van der Waals surface area contributed by atoms with Gasteiger partial charge in [0.05, 0.1) is 5.69 Å². The molecule has 6 heteroatoms. The van der Waals surface area contributed by atoms with Crippen molar-refractivity contribution in [2.24, 2.45) is 0 Å². The van der Waals surface area contributed by atoms with Crippen LogP contribution in [0, 0.1) is 6.92 Å². The van der Waals surface area contributed by atoms with Crippen molar-refractivity contribution in [1.29, 1.82) is 0 Å². The van der Waals surface area contributed by atoms with Crippen molar-refractivity contribution in [2.75, 3.05) is 6.79 Å². The van der Waals surface area contributed by atoms with Crippen LogP contribution < -0.4 is 9.47 Å². The normalized spacial score (nSPS) is 12.7. The molecule has 1 aromatic carbocycles. The Labute approximate surface area is 102 Å². The summed E-state index contributed by atoms with van der Waals surface area (Å²) in [6, 6.07) is 5.12. The molecule has 1 aliphatic rings. The Balaban J connectivity index is 2.09. The molecule has 0 spiro atoms. The van der Waals surface area contributed by atoms with Crippen molar-refractivity contribution in [2.45, 2.75) is 6.92 Å². The first-order chi connectivity index (χ1) is 8.66. The zero-order chi connectivity index (χ0) is 12.7. The largest absolute Gasteiger partial charge is 0.477 e. The van der Waals surface area contributed by atoms with Gasteiger partial charge in [-0.1, -0.05) is 0 Å². The monoisotopic (exact) mass is 246 g/mol. The van der Waals surface area contributed by atoms with Gasteiger partial charge in [0, 0.05) is 11.1 Å². The average molecular weight is 246 g/mol. The first-order valence-electron chi connectivity index (χ1n) is 5.35. The summed E-state index contributed by atoms with van der Waals surface area (Å²) in [6.07, 6.45) is 0. The number of H-pyrrole nitrogens is 1. The molecular formula is C12H10N2O4. The average Bonchev–Trinajstić information content (AvgIpc) is 2.97. The molecule has 1 aliphatic heterocycles. The Morgan fingerprint density at radius 3 is 3.00 bits per heavy atom. The minimum Gasteiger partial charge on any atom is -0.477 e. The third-order valence-electron chi connectivity index (χ3n) is 2.87. The zero-order valence-electron chi connectivity index (χ0n) is 9.56. The summed E-state index contributed by atoms with van der Waals surface area (Å²) in [7, 11) is 0. The van der Waals surface area contributed by atoms with Crippen molar-refractivity contribution in [1.82, 2.24) is 10.2 Å². The second-order valence-corrected chi connectivity index (χ2v) is 3.94. The second-order valence-electron chi connectivity index (χ2n) is 3.94. The summed E-state index contributed by atoms with van der Waals surface area (Å²) in [5.41, 5.74) is 2.33. The molecule has 0 aliphatic carbocycles. The van der Waals surface area contributed by atoms with Gasteiger partial charge in [-0.3, -0.25) is 5.10 Å². The third-order valence-corrected chi connectivity index (χ3v) is 2.87. The van der Waals surface area contributed by atoms with E-state index in [1.54, 1.807) is 6.07 Å². The number of aromatic amines is 1. The molecule has 2 N–H and O–H groups in total. The minimum absolute atomic E-state index is 0.0575. The van der Waals surface area contributed by atoms with Gasteiger partial charge in [-0.25, -0.2) is 4.79 Å². The molecule has 3 rings (SSSR count). The van der Waals surface area contributed by atoms with E-state index < -0.39 is 5.97 Å². The van der Waals surface area contributed by atoms with Crippen LogP contribution in [0.5, 0.6) is 11.5 Å². The number of nitrogens with one attached hydrogen (secondary N) is 1. The number of rotatable bonds is 2. The summed E-state index contributed by atoms with van der Waals surface area (Å²) in [6.45, 7) is 2.10. The third kappa shape index (κ3) is 1.50. The predicted octanol–water partition coefficient (Wildman–Crippen LogP) is 1.81. The van der Waals surface area contributed by atoms with Gasteiger partial charge >= 0.3 is 5.97 Å². The van der Waals surface area contributed by atoms with Crippen LogP contribution in [0.1, 0.15) is 16.1 Å². The van der Waals surface area contributed by atoms with E-state index in [-0.39, 0.29) is 12.5 Å². The zero-order valence-corrected chi connectivity index (χ0v) is 9.56. The number of hydrogen-bond acceptors (Lipinski definition) is 4. The van der Waals surface area contributed by atoms with Crippen LogP contribution >= 0.6 is 0 Å². The lowest BCUT2D eigenvalue weighted by atomic mass is 10.0. The number of nitrogens with zero attached hydrogens (tertiary/aromatic N) is 1. The van der Waals surface area contributed by atoms with E-state index in [0.29, 0.717) is 17.2 Å². The quantitative estimate of drug-likeness (QED) is 0.844. The fourth-order valence-corrected chi connectivity index (χ4v) is 1.96. The first-order valence-corrected chi connectivity index (χ1v) is 5.35. The maximum Gasteiger partial charge on any atom is 0.353 e. The van der Waals surface area contributed by atoms with Gasteiger partial charge in [0.2, 0.25) is 6.79 Å². The number of ether oxygens (including phenoxy) is 2. The highest BCUT2D eigenvalue weighted by atomic mass is 16.7. The highest BCUT2D eigenvalue weighted by Crippen LogP contribution is 2.40. The summed E-state index contributed by atoms with van der Waals surface area (Å²) in [4.78, 5) is 10.8. The Morgan fingerprint density at radius 1 is 1.44 bits per heavy atom. The van der Waals surface area contributed by atoms with Crippen LogP contribution in [-0.4, -0.2) is 28.1 Å². The maximum atomic E-state index is 10.8. The molecule has 92 valence electrons. The van der Waals surface area contributed by atoms with Gasteiger partial charge < -0.3 is 14.6 Å². The van der Waals surface area contributed by atoms with E-state index >= 15 is 0 Å². The number of benzene rings is 1. The lowest BCUT2D eigenvalue weighted by Crippen LogP contribution is -1.95. The lowest BCUT2D eigenvalue weighted by molar-refractivity contribution is 0.0690. The number of hydrogen-bond donors (Lipinski definition) is 2. The van der Waals surface area contributed by atoms with E-state index in [1.807, 2.05) is 13.0 Å². The molecule has 2 aromatic rings. The van der Waals surface area contributed by atoms with Crippen molar-refractivity contribution in [3.8, 4) is 22.8 Å². The Kier molecular flexibility index (Phi) is 2.22. The van der Waals surface area contributed by atoms with E-state index in [4.69, 9.17) is 14.6 Å². The molecule has 0 atom stereocenters. The van der Waals surface area contributed by atoms with Crippen LogP contribution in [0.25, 0.3) is 11.3 Å². The molecule has 1 aromatic heterocycles. The molecule has 2 heterocycles. The molecule has 0 unspecified atom stereocenters. The summed E-state index contributed by atoms with van der Waals surface area (Å²) >= 11 is 0. The van der Waals surface area contributed by atoms with E-state index in [1.165, 1.54) is 6.07 Å². The Morgan fingerprint density at radius 2 is 2.28 bits per heavy atom. The van der Waals surface area contributed by atoms with Crippen LogP contribution in [0.4, 0.5) is 0 Å². The van der Waals surface area contributed by atoms with Crippen molar-refractivity contribution < 1.29 is 19.4 Å². The fourth-order valence-electron chi connectivity index (χ4n) is 1.96. The van der Waals surface area contributed by atoms with Crippen LogP contribution in [0.15, 0.2) is 18.2 Å². The predicted molar refractivity (Wildman–Crippen MR) is 61.8 cm³/mol. The van der Waals surface area contributed by atoms with Gasteiger partial charge in [0.25, 0.3) is 0 Å². The van der Waals surface area contributed by atoms with Crippen LogP contribution in [0.3, 0.4) is 0 Å². The van der Waals surface area contributed by atoms with E-state index in [0.717, 1.165) is 11.1 Å². The Hall–Kier alpha value is -2.50. The molecule has 0 amide bonds. The van der Waals surface area contributed by atoms with Gasteiger partial charge in [0.15, 0.2) is 11.5 Å². The van der Waals surface area contributed by atoms with Gasteiger partial charge in [-0.15, -0.1) is 0 Å². The van der Waals surface area contributed by atoms with Crippen molar-refractivity contribution in [3.05, 3.63) is 29.5 Å². The van der Waals surface area contributed by atoms with Crippen LogP contribution in [-0.2, 0) is 0 Å². The van der Waals surface area contributed by atoms with Crippen LogP contribution in [0.2, 0.25) is 0 Å². The molecule has 0 fully saturated rings. The summed E-state index contributed by atoms with van der Waals surface area (Å²) in [5.74, 6) is 0.352. The molecule has 18 heavy (non-hydrogen) atoms. The molecular weight excluding hydrogens is 236 g/mol. The number of carboxylic acid groups (broad SMARTS) is 1. The highest BCUT2D eigenvalue weighted by Gasteiger charge is 2.20. The highest BCUT2D eigenvalue weighted by molar-refractivity contribution is 5.87. The van der Waals surface area contributed by atoms with Gasteiger partial charge in [-0.2, -0.15) is 5.10 Å². The molecule has 0 bridgehead atoms. The number of fused-ring (bicyclic) bond motifs is 1. The molecule has 0 saturated carbocycles. The van der Waals surface area contributed by atoms with E-state index in [2.05, 4.69) is 10.2 Å². The molecule has 0 radical (unpaired) electrons. The fraction of sp³-hybridized carbons (Fsp3) is 0.167. The van der Waals surface area contributed by atoms with Crippen molar-refractivity contribution >= 4 is 5.97 Å². The second kappa shape index (κ2) is 3.76. The van der Waals surface area contributed by atoms with E-state index in [9.17, 15) is 4.79 Å². The molecule has 0 saturated heterocycles. The van der Waals surface area contributed by atoms with Crippen molar-refractivity contribution in [3.63, 3.8) is 0 Å². The lowest BCUT2D eigenvalue weighted by Gasteiger charge is -2.05.